The second-order valence-corrected chi connectivity index (χ2v) is 6.13. The van der Waals surface area contributed by atoms with Gasteiger partial charge in [0.2, 0.25) is 0 Å². The molecule has 1 unspecified atom stereocenters. The Bertz CT molecular complexity index is 558. The van der Waals surface area contributed by atoms with Gasteiger partial charge in [-0.25, -0.2) is 4.39 Å². The lowest BCUT2D eigenvalue weighted by Crippen LogP contribution is -2.13. The molecule has 102 valence electrons. The zero-order valence-electron chi connectivity index (χ0n) is 10.7. The second kappa shape index (κ2) is 6.50. The summed E-state index contributed by atoms with van der Waals surface area (Å²) in [6.45, 7) is 2.37. The van der Waals surface area contributed by atoms with Crippen LogP contribution in [-0.2, 0) is 6.61 Å². The average molecular weight is 344 g/mol. The molecular formula is C14H15BrFNOS. The molecule has 0 aliphatic carbocycles. The fourth-order valence-corrected chi connectivity index (χ4v) is 3.05. The monoisotopic (exact) mass is 343 g/mol. The van der Waals surface area contributed by atoms with Gasteiger partial charge in [-0.3, -0.25) is 0 Å². The summed E-state index contributed by atoms with van der Waals surface area (Å²) in [4.78, 5) is 1.10. The third-order valence-corrected chi connectivity index (χ3v) is 4.55. The molecule has 5 heteroatoms. The Kier molecular flexibility index (Phi) is 4.96. The first-order chi connectivity index (χ1) is 9.10. The van der Waals surface area contributed by atoms with Crippen LogP contribution in [0.4, 0.5) is 4.39 Å². The van der Waals surface area contributed by atoms with Crippen LogP contribution in [0.1, 0.15) is 23.4 Å². The lowest BCUT2D eigenvalue weighted by Gasteiger charge is -2.13. The van der Waals surface area contributed by atoms with Gasteiger partial charge in [-0.15, -0.1) is 11.3 Å². The predicted octanol–water partition coefficient (Wildman–Crippen LogP) is 4.51. The molecule has 1 heterocycles. The van der Waals surface area contributed by atoms with Gasteiger partial charge in [-0.2, -0.15) is 0 Å². The summed E-state index contributed by atoms with van der Waals surface area (Å²) < 4.78 is 20.5. The minimum Gasteiger partial charge on any atom is -0.488 e. The lowest BCUT2D eigenvalue weighted by atomic mass is 10.1. The quantitative estimate of drug-likeness (QED) is 0.862. The normalized spacial score (nSPS) is 12.4. The number of hydrogen-bond acceptors (Lipinski definition) is 3. The van der Waals surface area contributed by atoms with E-state index in [0.29, 0.717) is 17.9 Å². The first kappa shape index (κ1) is 14.5. The third-order valence-electron chi connectivity index (χ3n) is 2.87. The first-order valence-corrected chi connectivity index (χ1v) is 7.60. The molecule has 2 aromatic rings. The van der Waals surface area contributed by atoms with Crippen molar-refractivity contribution in [3.63, 3.8) is 0 Å². The molecule has 0 radical (unpaired) electrons. The van der Waals surface area contributed by atoms with E-state index >= 15 is 0 Å². The van der Waals surface area contributed by atoms with Crippen molar-refractivity contribution in [3.05, 3.63) is 50.4 Å². The zero-order valence-corrected chi connectivity index (χ0v) is 13.1. The number of thiophene rings is 1. The van der Waals surface area contributed by atoms with Gasteiger partial charge in [0.1, 0.15) is 18.2 Å². The van der Waals surface area contributed by atoms with Crippen LogP contribution in [0, 0.1) is 5.82 Å². The van der Waals surface area contributed by atoms with Crippen molar-refractivity contribution in [3.8, 4) is 5.75 Å². The van der Waals surface area contributed by atoms with Crippen LogP contribution in [0.15, 0.2) is 34.1 Å². The molecule has 1 aromatic heterocycles. The van der Waals surface area contributed by atoms with Crippen LogP contribution in [0.5, 0.6) is 5.75 Å². The smallest absolute Gasteiger partial charge is 0.131 e. The summed E-state index contributed by atoms with van der Waals surface area (Å²) in [5, 5.41) is 5.01. The van der Waals surface area contributed by atoms with Gasteiger partial charge in [0, 0.05) is 32.4 Å². The Morgan fingerprint density at radius 3 is 2.79 bits per heavy atom. The Balaban J connectivity index is 2.04. The van der Waals surface area contributed by atoms with Gasteiger partial charge >= 0.3 is 0 Å². The molecule has 0 aliphatic heterocycles. The van der Waals surface area contributed by atoms with Gasteiger partial charge in [0.25, 0.3) is 0 Å². The van der Waals surface area contributed by atoms with Crippen LogP contribution in [-0.4, -0.2) is 7.05 Å². The van der Waals surface area contributed by atoms with E-state index in [4.69, 9.17) is 4.74 Å². The topological polar surface area (TPSA) is 21.3 Å². The van der Waals surface area contributed by atoms with E-state index in [1.165, 1.54) is 6.07 Å². The SMILES string of the molecule is CNC(C)c1ccc(OCc2cc(Br)cs2)cc1F. The molecule has 0 aliphatic rings. The number of halogens is 2. The third kappa shape index (κ3) is 3.78. The number of benzene rings is 1. The second-order valence-electron chi connectivity index (χ2n) is 4.21. The molecular weight excluding hydrogens is 329 g/mol. The van der Waals surface area contributed by atoms with Crippen molar-refractivity contribution in [2.75, 3.05) is 7.05 Å². The van der Waals surface area contributed by atoms with Crippen molar-refractivity contribution in [1.29, 1.82) is 0 Å². The Hall–Kier alpha value is -0.910. The van der Waals surface area contributed by atoms with Crippen molar-refractivity contribution in [2.24, 2.45) is 0 Å². The highest BCUT2D eigenvalue weighted by Gasteiger charge is 2.10. The Labute approximate surface area is 124 Å². The maximum Gasteiger partial charge on any atom is 0.131 e. The lowest BCUT2D eigenvalue weighted by molar-refractivity contribution is 0.307. The van der Waals surface area contributed by atoms with Gasteiger partial charge in [0.05, 0.1) is 0 Å². The highest BCUT2D eigenvalue weighted by Crippen LogP contribution is 2.24. The highest BCUT2D eigenvalue weighted by molar-refractivity contribution is 9.10. The summed E-state index contributed by atoms with van der Waals surface area (Å²) in [5.41, 5.74) is 0.647. The summed E-state index contributed by atoms with van der Waals surface area (Å²) in [7, 11) is 1.81. The van der Waals surface area contributed by atoms with Crippen LogP contribution in [0.2, 0.25) is 0 Å². The first-order valence-electron chi connectivity index (χ1n) is 5.92. The maximum absolute atomic E-state index is 13.9. The molecule has 0 amide bonds. The maximum atomic E-state index is 13.9. The number of rotatable bonds is 5. The summed E-state index contributed by atoms with van der Waals surface area (Å²) >= 11 is 5.00. The van der Waals surface area contributed by atoms with E-state index in [1.54, 1.807) is 23.5 Å². The van der Waals surface area contributed by atoms with E-state index in [9.17, 15) is 4.39 Å². The number of hydrogen-bond donors (Lipinski definition) is 1. The standard InChI is InChI=1S/C14H15BrFNOS/c1-9(17-2)13-4-3-11(6-14(13)16)18-7-12-5-10(15)8-19-12/h3-6,8-9,17H,7H2,1-2H3. The minimum atomic E-state index is -0.244. The van der Waals surface area contributed by atoms with Gasteiger partial charge in [-0.05, 0) is 42.0 Å². The van der Waals surface area contributed by atoms with E-state index in [0.717, 1.165) is 9.35 Å². The van der Waals surface area contributed by atoms with Crippen LogP contribution in [0.3, 0.4) is 0 Å². The summed E-state index contributed by atoms with van der Waals surface area (Å²) in [6.07, 6.45) is 0. The molecule has 0 saturated carbocycles. The van der Waals surface area contributed by atoms with Crippen molar-refractivity contribution >= 4 is 27.3 Å². The minimum absolute atomic E-state index is 0.0118. The fourth-order valence-electron chi connectivity index (χ4n) is 1.69. The van der Waals surface area contributed by atoms with E-state index in [1.807, 2.05) is 25.4 Å². The van der Waals surface area contributed by atoms with Gasteiger partial charge < -0.3 is 10.1 Å². The van der Waals surface area contributed by atoms with Crippen LogP contribution >= 0.6 is 27.3 Å². The number of nitrogens with one attached hydrogen (secondary N) is 1. The molecule has 1 atom stereocenters. The fraction of sp³-hybridized carbons (Fsp3) is 0.286. The van der Waals surface area contributed by atoms with Crippen molar-refractivity contribution in [1.82, 2.24) is 5.32 Å². The van der Waals surface area contributed by atoms with Crippen molar-refractivity contribution < 1.29 is 9.13 Å². The molecule has 2 nitrogen and oxygen atoms in total. The zero-order chi connectivity index (χ0) is 13.8. The van der Waals surface area contributed by atoms with Crippen LogP contribution < -0.4 is 10.1 Å². The average Bonchev–Trinajstić information content (AvgIpc) is 2.81. The molecule has 1 aromatic carbocycles. The summed E-state index contributed by atoms with van der Waals surface area (Å²) in [6, 6.07) is 6.98. The molecule has 0 fully saturated rings. The van der Waals surface area contributed by atoms with Crippen molar-refractivity contribution in [2.45, 2.75) is 19.6 Å². The van der Waals surface area contributed by atoms with Crippen LogP contribution in [0.25, 0.3) is 0 Å². The molecule has 0 spiro atoms. The van der Waals surface area contributed by atoms with Gasteiger partial charge in [0.15, 0.2) is 0 Å². The van der Waals surface area contributed by atoms with E-state index in [2.05, 4.69) is 21.2 Å². The molecule has 0 saturated heterocycles. The predicted molar refractivity (Wildman–Crippen MR) is 80.2 cm³/mol. The Morgan fingerprint density at radius 2 is 2.21 bits per heavy atom. The highest BCUT2D eigenvalue weighted by atomic mass is 79.9. The molecule has 19 heavy (non-hydrogen) atoms. The van der Waals surface area contributed by atoms with E-state index in [-0.39, 0.29) is 11.9 Å². The van der Waals surface area contributed by atoms with E-state index < -0.39 is 0 Å². The molecule has 1 N–H and O–H groups in total. The van der Waals surface area contributed by atoms with Gasteiger partial charge in [-0.1, -0.05) is 6.07 Å². The largest absolute Gasteiger partial charge is 0.488 e. The molecule has 2 rings (SSSR count). The summed E-state index contributed by atoms with van der Waals surface area (Å²) in [5.74, 6) is 0.306. The molecule has 0 bridgehead atoms. The Morgan fingerprint density at radius 1 is 1.42 bits per heavy atom. The number of ether oxygens (including phenoxy) is 1.